The van der Waals surface area contributed by atoms with Crippen molar-refractivity contribution in [2.45, 2.75) is 51.4 Å². The Hall–Kier alpha value is -2.25. The van der Waals surface area contributed by atoms with E-state index in [9.17, 15) is 14.4 Å². The first kappa shape index (κ1) is 17.6. The lowest BCUT2D eigenvalue weighted by molar-refractivity contribution is -0.136. The van der Waals surface area contributed by atoms with Crippen LogP contribution in [-0.4, -0.2) is 41.2 Å². The summed E-state index contributed by atoms with van der Waals surface area (Å²) in [7, 11) is 0. The lowest BCUT2D eigenvalue weighted by atomic mass is 10.0. The molecule has 0 spiro atoms. The number of benzene rings is 1. The summed E-state index contributed by atoms with van der Waals surface area (Å²) < 4.78 is 0. The molecule has 3 rings (SSSR count). The summed E-state index contributed by atoms with van der Waals surface area (Å²) in [4.78, 5) is 37.7. The highest BCUT2D eigenvalue weighted by Gasteiger charge is 2.39. The Labute approximate surface area is 146 Å². The summed E-state index contributed by atoms with van der Waals surface area (Å²) in [5.41, 5.74) is 8.15. The topological polar surface area (TPSA) is 105 Å². The summed E-state index contributed by atoms with van der Waals surface area (Å²) in [5, 5.41) is 5.70. The van der Waals surface area contributed by atoms with Crippen molar-refractivity contribution in [3.63, 3.8) is 0 Å². The highest BCUT2D eigenvalue weighted by atomic mass is 16.2. The molecule has 134 valence electrons. The van der Waals surface area contributed by atoms with Crippen molar-refractivity contribution >= 4 is 17.7 Å². The van der Waals surface area contributed by atoms with Crippen LogP contribution in [0.3, 0.4) is 0 Å². The zero-order valence-corrected chi connectivity index (χ0v) is 14.4. The summed E-state index contributed by atoms with van der Waals surface area (Å²) in [6.45, 7) is 3.80. The van der Waals surface area contributed by atoms with Crippen LogP contribution in [0.4, 0.5) is 0 Å². The zero-order valence-electron chi connectivity index (χ0n) is 14.4. The molecule has 2 aliphatic heterocycles. The van der Waals surface area contributed by atoms with E-state index in [1.54, 1.807) is 4.90 Å². The van der Waals surface area contributed by atoms with Gasteiger partial charge in [0.25, 0.3) is 5.91 Å². The molecule has 1 fully saturated rings. The van der Waals surface area contributed by atoms with Crippen molar-refractivity contribution in [2.75, 3.05) is 6.54 Å². The predicted molar refractivity (Wildman–Crippen MR) is 92.5 cm³/mol. The van der Waals surface area contributed by atoms with Crippen LogP contribution >= 0.6 is 0 Å². The molecule has 2 atom stereocenters. The van der Waals surface area contributed by atoms with Crippen LogP contribution in [0.1, 0.15) is 47.7 Å². The summed E-state index contributed by atoms with van der Waals surface area (Å²) in [6.07, 6.45) is 1.55. The molecule has 4 N–H and O–H groups in total. The molecule has 2 aliphatic rings. The molecule has 1 aromatic rings. The van der Waals surface area contributed by atoms with E-state index in [-0.39, 0.29) is 24.1 Å². The average Bonchev–Trinajstić information content (AvgIpc) is 2.90. The smallest absolute Gasteiger partial charge is 0.255 e. The number of amides is 3. The predicted octanol–water partition coefficient (Wildman–Crippen LogP) is 0.275. The molecule has 1 aromatic carbocycles. The van der Waals surface area contributed by atoms with Gasteiger partial charge in [0.2, 0.25) is 11.8 Å². The maximum absolute atomic E-state index is 12.7. The largest absolute Gasteiger partial charge is 0.330 e. The van der Waals surface area contributed by atoms with Crippen molar-refractivity contribution in [1.29, 1.82) is 0 Å². The van der Waals surface area contributed by atoms with Gasteiger partial charge >= 0.3 is 0 Å². The summed E-state index contributed by atoms with van der Waals surface area (Å²) in [6, 6.07) is 5.59. The molecule has 0 aromatic heterocycles. The van der Waals surface area contributed by atoms with Gasteiger partial charge in [-0.1, -0.05) is 12.1 Å². The van der Waals surface area contributed by atoms with Crippen LogP contribution < -0.4 is 16.4 Å². The summed E-state index contributed by atoms with van der Waals surface area (Å²) >= 11 is 0. The molecule has 0 saturated carbocycles. The Kier molecular flexibility index (Phi) is 5.15. The van der Waals surface area contributed by atoms with E-state index in [0.717, 1.165) is 17.5 Å². The number of imide groups is 1. The Morgan fingerprint density at radius 1 is 1.36 bits per heavy atom. The molecule has 2 unspecified atom stereocenters. The number of hydrogen-bond acceptors (Lipinski definition) is 5. The molecule has 0 aliphatic carbocycles. The second kappa shape index (κ2) is 7.33. The van der Waals surface area contributed by atoms with Gasteiger partial charge in [-0.2, -0.15) is 0 Å². The van der Waals surface area contributed by atoms with Gasteiger partial charge in [-0.3, -0.25) is 19.7 Å². The van der Waals surface area contributed by atoms with Gasteiger partial charge in [-0.05, 0) is 43.5 Å². The zero-order chi connectivity index (χ0) is 18.0. The highest BCUT2D eigenvalue weighted by molar-refractivity contribution is 6.05. The maximum atomic E-state index is 12.7. The van der Waals surface area contributed by atoms with E-state index >= 15 is 0 Å². The van der Waals surface area contributed by atoms with Crippen LogP contribution in [0.15, 0.2) is 18.2 Å². The number of carbonyl (C=O) groups excluding carboxylic acids is 3. The van der Waals surface area contributed by atoms with Gasteiger partial charge in [0.05, 0.1) is 0 Å². The average molecular weight is 344 g/mol. The molecule has 7 heteroatoms. The van der Waals surface area contributed by atoms with E-state index in [4.69, 9.17) is 5.73 Å². The molecule has 7 nitrogen and oxygen atoms in total. The highest BCUT2D eigenvalue weighted by Crippen LogP contribution is 2.28. The first-order chi connectivity index (χ1) is 12.0. The van der Waals surface area contributed by atoms with E-state index < -0.39 is 6.04 Å². The molecule has 1 saturated heterocycles. The van der Waals surface area contributed by atoms with Gasteiger partial charge in [0.15, 0.2) is 0 Å². The molecule has 2 heterocycles. The van der Waals surface area contributed by atoms with Crippen LogP contribution in [0, 0.1) is 0 Å². The van der Waals surface area contributed by atoms with Crippen molar-refractivity contribution in [2.24, 2.45) is 5.73 Å². The standard InChI is InChI=1S/C18H24N4O3/c1-11(6-7-19)20-9-12-2-3-13-10-22(18(25)14(13)8-12)15-4-5-16(23)21-17(15)24/h2-3,8,11,15,20H,4-7,9-10,19H2,1H3,(H,21,23,24). The minimum absolute atomic E-state index is 0.138. The molecule has 0 radical (unpaired) electrons. The Morgan fingerprint density at radius 2 is 2.16 bits per heavy atom. The number of nitrogens with two attached hydrogens (primary N) is 1. The quantitative estimate of drug-likeness (QED) is 0.643. The van der Waals surface area contributed by atoms with Gasteiger partial charge in [-0.15, -0.1) is 0 Å². The lowest BCUT2D eigenvalue weighted by Crippen LogP contribution is -2.52. The number of rotatable bonds is 6. The third-order valence-corrected chi connectivity index (χ3v) is 4.85. The van der Waals surface area contributed by atoms with Crippen molar-refractivity contribution in [3.8, 4) is 0 Å². The van der Waals surface area contributed by atoms with Gasteiger partial charge < -0.3 is 16.0 Å². The van der Waals surface area contributed by atoms with Crippen molar-refractivity contribution < 1.29 is 14.4 Å². The number of hydrogen-bond donors (Lipinski definition) is 3. The van der Waals surface area contributed by atoms with E-state index in [1.165, 1.54) is 0 Å². The van der Waals surface area contributed by atoms with Crippen molar-refractivity contribution in [1.82, 2.24) is 15.5 Å². The monoisotopic (exact) mass is 344 g/mol. The fourth-order valence-corrected chi connectivity index (χ4v) is 3.36. The number of carbonyl (C=O) groups is 3. The second-order valence-electron chi connectivity index (χ2n) is 6.75. The van der Waals surface area contributed by atoms with Gasteiger partial charge in [0.1, 0.15) is 6.04 Å². The maximum Gasteiger partial charge on any atom is 0.255 e. The minimum atomic E-state index is -0.566. The molecule has 3 amide bonds. The van der Waals surface area contributed by atoms with Crippen LogP contribution in [-0.2, 0) is 22.7 Å². The Morgan fingerprint density at radius 3 is 2.88 bits per heavy atom. The Bertz CT molecular complexity index is 704. The van der Waals surface area contributed by atoms with Gasteiger partial charge in [0, 0.05) is 31.1 Å². The number of piperidine rings is 1. The third kappa shape index (κ3) is 3.72. The Balaban J connectivity index is 1.69. The van der Waals surface area contributed by atoms with Crippen LogP contribution in [0.2, 0.25) is 0 Å². The van der Waals surface area contributed by atoms with Crippen LogP contribution in [0.25, 0.3) is 0 Å². The minimum Gasteiger partial charge on any atom is -0.330 e. The van der Waals surface area contributed by atoms with E-state index in [0.29, 0.717) is 37.7 Å². The molecule has 25 heavy (non-hydrogen) atoms. The second-order valence-corrected chi connectivity index (χ2v) is 6.75. The first-order valence-corrected chi connectivity index (χ1v) is 8.69. The number of nitrogens with zero attached hydrogens (tertiary/aromatic N) is 1. The molecular weight excluding hydrogens is 320 g/mol. The third-order valence-electron chi connectivity index (χ3n) is 4.85. The normalized spacial score (nSPS) is 21.3. The fraction of sp³-hybridized carbons (Fsp3) is 0.500. The lowest BCUT2D eigenvalue weighted by Gasteiger charge is -2.29. The van der Waals surface area contributed by atoms with Crippen molar-refractivity contribution in [3.05, 3.63) is 34.9 Å². The van der Waals surface area contributed by atoms with Gasteiger partial charge in [-0.25, -0.2) is 0 Å². The fourth-order valence-electron chi connectivity index (χ4n) is 3.36. The first-order valence-electron chi connectivity index (χ1n) is 8.69. The molecular formula is C18H24N4O3. The van der Waals surface area contributed by atoms with E-state index in [2.05, 4.69) is 17.6 Å². The SMILES string of the molecule is CC(CCN)NCc1ccc2c(c1)C(=O)N(C1CCC(=O)NC1=O)C2. The number of fused-ring (bicyclic) bond motifs is 1. The van der Waals surface area contributed by atoms with Crippen LogP contribution in [0.5, 0.6) is 0 Å². The summed E-state index contributed by atoms with van der Waals surface area (Å²) in [5.74, 6) is -0.790. The molecule has 0 bridgehead atoms. The van der Waals surface area contributed by atoms with E-state index in [1.807, 2.05) is 18.2 Å². The number of nitrogens with one attached hydrogen (secondary N) is 2.